The number of benzene rings is 1. The van der Waals surface area contributed by atoms with E-state index in [4.69, 9.17) is 63.1 Å². The van der Waals surface area contributed by atoms with Crippen LogP contribution in [0, 0.1) is 0 Å². The smallest absolute Gasteiger partial charge is 0.337 e. The number of carboxylic acids is 1. The first-order valence-electron chi connectivity index (χ1n) is 4.18. The summed E-state index contributed by atoms with van der Waals surface area (Å²) in [6.07, 6.45) is -1.73. The molecule has 0 aliphatic heterocycles. The zero-order valence-corrected chi connectivity index (χ0v) is 12.4. The Kier molecular flexibility index (Phi) is 7.40. The van der Waals surface area contributed by atoms with Gasteiger partial charge in [-0.25, -0.2) is 9.18 Å². The first kappa shape index (κ1) is 17.9. The third kappa shape index (κ3) is 4.52. The third-order valence-corrected chi connectivity index (χ3v) is 3.78. The Hall–Kier alpha value is -0.130. The second kappa shape index (κ2) is 7.46. The highest BCUT2D eigenvalue weighted by atomic mass is 35.5. The summed E-state index contributed by atoms with van der Waals surface area (Å²) >= 11 is 27.9. The van der Waals surface area contributed by atoms with E-state index in [1.165, 1.54) is 0 Å². The van der Waals surface area contributed by atoms with E-state index in [9.17, 15) is 14.3 Å². The molecular formula is C9H6Cl5FO3. The summed E-state index contributed by atoms with van der Waals surface area (Å²) < 4.78 is 11.2. The summed E-state index contributed by atoms with van der Waals surface area (Å²) in [4.78, 5) is 9.32. The maximum Gasteiger partial charge on any atom is 0.337 e. The van der Waals surface area contributed by atoms with Crippen LogP contribution in [0.25, 0.3) is 0 Å². The van der Waals surface area contributed by atoms with Gasteiger partial charge >= 0.3 is 5.97 Å². The number of aliphatic carboxylic acids is 1. The van der Waals surface area contributed by atoms with Crippen LogP contribution >= 0.6 is 58.0 Å². The van der Waals surface area contributed by atoms with Gasteiger partial charge < -0.3 is 10.2 Å². The molecule has 1 aromatic carbocycles. The van der Waals surface area contributed by atoms with Gasteiger partial charge in [-0.15, -0.1) is 0 Å². The molecule has 1 aromatic rings. The number of alkyl halides is 1. The van der Waals surface area contributed by atoms with Crippen LogP contribution in [-0.2, 0) is 4.79 Å². The molecule has 0 saturated heterocycles. The van der Waals surface area contributed by atoms with Gasteiger partial charge in [0, 0.05) is 0 Å². The molecule has 0 saturated carbocycles. The Morgan fingerprint density at radius 1 is 1.00 bits per heavy atom. The Morgan fingerprint density at radius 2 is 1.22 bits per heavy atom. The zero-order valence-electron chi connectivity index (χ0n) is 8.65. The highest BCUT2D eigenvalue weighted by Gasteiger charge is 2.18. The van der Waals surface area contributed by atoms with Crippen molar-refractivity contribution in [3.05, 3.63) is 25.1 Å². The Morgan fingerprint density at radius 3 is 1.44 bits per heavy atom. The molecule has 1 atom stereocenters. The molecule has 2 N–H and O–H groups in total. The van der Waals surface area contributed by atoms with Crippen LogP contribution in [0.4, 0.5) is 4.39 Å². The largest absolute Gasteiger partial charge is 0.505 e. The molecule has 0 amide bonds. The molecule has 0 spiro atoms. The van der Waals surface area contributed by atoms with Crippen LogP contribution in [-0.4, -0.2) is 22.4 Å². The average Bonchev–Trinajstić information content (AvgIpc) is 2.32. The minimum atomic E-state index is -1.73. The fourth-order valence-corrected chi connectivity index (χ4v) is 1.72. The summed E-state index contributed by atoms with van der Waals surface area (Å²) in [6.45, 7) is 0.975. The number of hydrogen-bond acceptors (Lipinski definition) is 2. The van der Waals surface area contributed by atoms with Gasteiger partial charge in [0.25, 0.3) is 0 Å². The van der Waals surface area contributed by atoms with Gasteiger partial charge in [0.05, 0.1) is 15.1 Å². The van der Waals surface area contributed by atoms with Crippen molar-refractivity contribution in [2.24, 2.45) is 0 Å². The molecule has 1 unspecified atom stereocenters. The standard InChI is InChI=1S/C6HCl5O.C3H5FO2/c7-1-2(8)4(10)6(12)5(11)3(1)9;1-2(4)3(5)6/h12H;2H,1H3,(H,5,6). The van der Waals surface area contributed by atoms with E-state index < -0.39 is 12.1 Å². The summed E-state index contributed by atoms with van der Waals surface area (Å²) in [5.74, 6) is -1.77. The van der Waals surface area contributed by atoms with Crippen LogP contribution in [0.1, 0.15) is 6.92 Å². The van der Waals surface area contributed by atoms with E-state index in [0.29, 0.717) is 0 Å². The molecule has 0 bridgehead atoms. The van der Waals surface area contributed by atoms with Gasteiger partial charge in [-0.3, -0.25) is 0 Å². The second-order valence-corrected chi connectivity index (χ2v) is 4.76. The van der Waals surface area contributed by atoms with Crippen molar-refractivity contribution in [3.8, 4) is 5.75 Å². The lowest BCUT2D eigenvalue weighted by Gasteiger charge is -2.06. The van der Waals surface area contributed by atoms with Crippen LogP contribution in [0.15, 0.2) is 0 Å². The van der Waals surface area contributed by atoms with Crippen LogP contribution in [0.5, 0.6) is 5.75 Å². The van der Waals surface area contributed by atoms with E-state index >= 15 is 0 Å². The molecule has 0 heterocycles. The SMILES string of the molecule is CC(F)C(=O)O.Oc1c(Cl)c(Cl)c(Cl)c(Cl)c1Cl. The number of halogens is 6. The zero-order chi connectivity index (χ0) is 14.6. The highest BCUT2D eigenvalue weighted by Crippen LogP contribution is 2.47. The topological polar surface area (TPSA) is 57.5 Å². The van der Waals surface area contributed by atoms with Crippen molar-refractivity contribution >= 4 is 64.0 Å². The minimum Gasteiger partial charge on any atom is -0.505 e. The van der Waals surface area contributed by atoms with Gasteiger partial charge in [0.2, 0.25) is 0 Å². The Labute approximate surface area is 127 Å². The van der Waals surface area contributed by atoms with E-state index in [0.717, 1.165) is 6.92 Å². The van der Waals surface area contributed by atoms with Crippen LogP contribution in [0.2, 0.25) is 25.1 Å². The van der Waals surface area contributed by atoms with Crippen molar-refractivity contribution in [2.75, 3.05) is 0 Å². The van der Waals surface area contributed by atoms with Crippen molar-refractivity contribution in [1.82, 2.24) is 0 Å². The summed E-state index contributed by atoms with van der Waals surface area (Å²) in [5, 5.41) is 16.6. The van der Waals surface area contributed by atoms with Crippen molar-refractivity contribution < 1.29 is 19.4 Å². The number of carboxylic acid groups (broad SMARTS) is 1. The average molecular weight is 358 g/mol. The maximum atomic E-state index is 11.2. The predicted molar refractivity (Wildman–Crippen MR) is 71.4 cm³/mol. The third-order valence-electron chi connectivity index (χ3n) is 1.53. The fraction of sp³-hybridized carbons (Fsp3) is 0.222. The van der Waals surface area contributed by atoms with Gasteiger partial charge in [-0.1, -0.05) is 58.0 Å². The number of aromatic hydroxyl groups is 1. The van der Waals surface area contributed by atoms with E-state index in [-0.39, 0.29) is 30.9 Å². The molecular weight excluding hydrogens is 352 g/mol. The Balaban J connectivity index is 0.000000411. The van der Waals surface area contributed by atoms with Gasteiger partial charge in [-0.05, 0) is 6.92 Å². The van der Waals surface area contributed by atoms with Crippen molar-refractivity contribution in [3.63, 3.8) is 0 Å². The lowest BCUT2D eigenvalue weighted by molar-refractivity contribution is -0.142. The normalized spacial score (nSPS) is 11.5. The van der Waals surface area contributed by atoms with E-state index in [2.05, 4.69) is 0 Å². The van der Waals surface area contributed by atoms with Gasteiger partial charge in [0.15, 0.2) is 11.9 Å². The first-order chi connectivity index (χ1) is 8.11. The van der Waals surface area contributed by atoms with Gasteiger partial charge in [-0.2, -0.15) is 0 Å². The molecule has 0 fully saturated rings. The molecule has 9 heteroatoms. The fourth-order valence-electron chi connectivity index (χ4n) is 0.593. The second-order valence-electron chi connectivity index (χ2n) is 2.87. The number of hydrogen-bond donors (Lipinski definition) is 2. The van der Waals surface area contributed by atoms with Crippen molar-refractivity contribution in [2.45, 2.75) is 13.1 Å². The quantitative estimate of drug-likeness (QED) is 0.543. The first-order valence-corrected chi connectivity index (χ1v) is 6.07. The summed E-state index contributed by atoms with van der Waals surface area (Å²) in [5.41, 5.74) is 0. The predicted octanol–water partition coefficient (Wildman–Crippen LogP) is 5.09. The lowest BCUT2D eigenvalue weighted by Crippen LogP contribution is -2.08. The van der Waals surface area contributed by atoms with E-state index in [1.54, 1.807) is 0 Å². The Bertz CT molecular complexity index is 359. The molecule has 102 valence electrons. The number of rotatable bonds is 1. The van der Waals surface area contributed by atoms with Gasteiger partial charge in [0.1, 0.15) is 10.0 Å². The maximum absolute atomic E-state index is 11.2. The van der Waals surface area contributed by atoms with Crippen LogP contribution in [0.3, 0.4) is 0 Å². The monoisotopic (exact) mass is 356 g/mol. The molecule has 1 rings (SSSR count). The minimum absolute atomic E-state index is 0.00904. The summed E-state index contributed by atoms with van der Waals surface area (Å²) in [7, 11) is 0. The number of phenols is 1. The molecule has 3 nitrogen and oxygen atoms in total. The molecule has 0 aromatic heterocycles. The lowest BCUT2D eigenvalue weighted by atomic mass is 10.3. The van der Waals surface area contributed by atoms with Crippen LogP contribution < -0.4 is 0 Å². The number of phenolic OH excluding ortho intramolecular Hbond substituents is 1. The molecule has 0 aliphatic rings. The van der Waals surface area contributed by atoms with Crippen molar-refractivity contribution in [1.29, 1.82) is 0 Å². The molecule has 18 heavy (non-hydrogen) atoms. The summed E-state index contributed by atoms with van der Waals surface area (Å²) in [6, 6.07) is 0. The molecule has 0 aliphatic carbocycles. The highest BCUT2D eigenvalue weighted by molar-refractivity contribution is 6.55. The number of carbonyl (C=O) groups is 1. The molecule has 0 radical (unpaired) electrons. The van der Waals surface area contributed by atoms with E-state index in [1.807, 2.05) is 0 Å².